The standard InChI is InChI=1S/C12H20BrN3/c1-10(8-16-9-11(13)7-14-16)15-12-5-3-2-4-6-12/h7,9-10,12,15H,2-6,8H2,1H3. The summed E-state index contributed by atoms with van der Waals surface area (Å²) < 4.78 is 3.04. The molecule has 90 valence electrons. The number of aromatic nitrogens is 2. The van der Waals surface area contributed by atoms with E-state index in [2.05, 4.69) is 33.3 Å². The second-order valence-electron chi connectivity index (χ2n) is 4.78. The summed E-state index contributed by atoms with van der Waals surface area (Å²) in [4.78, 5) is 0. The molecule has 0 aliphatic heterocycles. The van der Waals surface area contributed by atoms with Crippen molar-refractivity contribution in [3.05, 3.63) is 16.9 Å². The summed E-state index contributed by atoms with van der Waals surface area (Å²) >= 11 is 3.42. The quantitative estimate of drug-likeness (QED) is 0.922. The Hall–Kier alpha value is -0.350. The first kappa shape index (κ1) is 12.1. The van der Waals surface area contributed by atoms with E-state index in [0.29, 0.717) is 6.04 Å². The summed E-state index contributed by atoms with van der Waals surface area (Å²) in [5.41, 5.74) is 0. The molecule has 1 aliphatic rings. The van der Waals surface area contributed by atoms with Gasteiger partial charge in [0.25, 0.3) is 0 Å². The number of nitrogens with one attached hydrogen (secondary N) is 1. The second kappa shape index (κ2) is 5.82. The molecular formula is C12H20BrN3. The van der Waals surface area contributed by atoms with E-state index in [1.807, 2.05) is 17.1 Å². The van der Waals surface area contributed by atoms with E-state index in [1.54, 1.807) is 0 Å². The van der Waals surface area contributed by atoms with E-state index in [1.165, 1.54) is 32.1 Å². The van der Waals surface area contributed by atoms with Crippen molar-refractivity contribution in [1.29, 1.82) is 0 Å². The highest BCUT2D eigenvalue weighted by molar-refractivity contribution is 9.10. The second-order valence-corrected chi connectivity index (χ2v) is 5.70. The highest BCUT2D eigenvalue weighted by atomic mass is 79.9. The molecule has 0 amide bonds. The fourth-order valence-electron chi connectivity index (χ4n) is 2.44. The molecule has 1 unspecified atom stereocenters. The van der Waals surface area contributed by atoms with Crippen LogP contribution in [-0.4, -0.2) is 21.9 Å². The van der Waals surface area contributed by atoms with Crippen molar-refractivity contribution in [1.82, 2.24) is 15.1 Å². The van der Waals surface area contributed by atoms with Crippen molar-refractivity contribution in [2.75, 3.05) is 0 Å². The van der Waals surface area contributed by atoms with E-state index in [0.717, 1.165) is 17.1 Å². The third-order valence-corrected chi connectivity index (χ3v) is 3.60. The minimum absolute atomic E-state index is 0.495. The van der Waals surface area contributed by atoms with Crippen molar-refractivity contribution in [3.63, 3.8) is 0 Å². The largest absolute Gasteiger partial charge is 0.310 e. The Bertz CT molecular complexity index is 318. The van der Waals surface area contributed by atoms with E-state index in [4.69, 9.17) is 0 Å². The number of hydrogen-bond acceptors (Lipinski definition) is 2. The zero-order chi connectivity index (χ0) is 11.4. The third-order valence-electron chi connectivity index (χ3n) is 3.19. The first-order chi connectivity index (χ1) is 7.74. The summed E-state index contributed by atoms with van der Waals surface area (Å²) in [5, 5.41) is 7.98. The van der Waals surface area contributed by atoms with Gasteiger partial charge >= 0.3 is 0 Å². The van der Waals surface area contributed by atoms with Gasteiger partial charge < -0.3 is 5.32 Å². The van der Waals surface area contributed by atoms with E-state index >= 15 is 0 Å². The minimum atomic E-state index is 0.495. The summed E-state index contributed by atoms with van der Waals surface area (Å²) in [6.45, 7) is 3.19. The Balaban J connectivity index is 1.77. The lowest BCUT2D eigenvalue weighted by Gasteiger charge is -2.26. The van der Waals surface area contributed by atoms with Gasteiger partial charge in [-0.25, -0.2) is 0 Å². The number of rotatable bonds is 4. The molecule has 0 radical (unpaired) electrons. The molecule has 4 heteroatoms. The van der Waals surface area contributed by atoms with Crippen LogP contribution in [0.1, 0.15) is 39.0 Å². The van der Waals surface area contributed by atoms with Crippen molar-refractivity contribution in [2.24, 2.45) is 0 Å². The molecule has 1 atom stereocenters. The van der Waals surface area contributed by atoms with Crippen LogP contribution in [-0.2, 0) is 6.54 Å². The lowest BCUT2D eigenvalue weighted by molar-refractivity contribution is 0.323. The van der Waals surface area contributed by atoms with Gasteiger partial charge in [-0.1, -0.05) is 19.3 Å². The maximum absolute atomic E-state index is 4.28. The van der Waals surface area contributed by atoms with Crippen molar-refractivity contribution < 1.29 is 0 Å². The predicted octanol–water partition coefficient (Wildman–Crippen LogP) is 2.96. The molecule has 1 N–H and O–H groups in total. The monoisotopic (exact) mass is 285 g/mol. The molecule has 3 nitrogen and oxygen atoms in total. The molecular weight excluding hydrogens is 266 g/mol. The predicted molar refractivity (Wildman–Crippen MR) is 69.4 cm³/mol. The molecule has 0 aromatic carbocycles. The van der Waals surface area contributed by atoms with Crippen LogP contribution in [0.3, 0.4) is 0 Å². The zero-order valence-corrected chi connectivity index (χ0v) is 11.4. The Kier molecular flexibility index (Phi) is 4.41. The van der Waals surface area contributed by atoms with E-state index in [9.17, 15) is 0 Å². The Morgan fingerprint density at radius 3 is 2.88 bits per heavy atom. The lowest BCUT2D eigenvalue weighted by atomic mass is 9.95. The Labute approximate surface area is 106 Å². The highest BCUT2D eigenvalue weighted by Crippen LogP contribution is 2.18. The third kappa shape index (κ3) is 3.59. The van der Waals surface area contributed by atoms with Gasteiger partial charge in [0, 0.05) is 18.3 Å². The van der Waals surface area contributed by atoms with Crippen LogP contribution in [0, 0.1) is 0 Å². The zero-order valence-electron chi connectivity index (χ0n) is 9.82. The molecule has 0 bridgehead atoms. The Morgan fingerprint density at radius 1 is 1.50 bits per heavy atom. The molecule has 1 saturated carbocycles. The van der Waals surface area contributed by atoms with Gasteiger partial charge in [0.2, 0.25) is 0 Å². The number of nitrogens with zero attached hydrogens (tertiary/aromatic N) is 2. The molecule has 1 aliphatic carbocycles. The fraction of sp³-hybridized carbons (Fsp3) is 0.750. The highest BCUT2D eigenvalue weighted by Gasteiger charge is 2.15. The van der Waals surface area contributed by atoms with E-state index < -0.39 is 0 Å². The fourth-order valence-corrected chi connectivity index (χ4v) is 2.77. The van der Waals surface area contributed by atoms with Gasteiger partial charge in [-0.05, 0) is 35.7 Å². The molecule has 0 saturated heterocycles. The van der Waals surface area contributed by atoms with Crippen LogP contribution >= 0.6 is 15.9 Å². The Morgan fingerprint density at radius 2 is 2.25 bits per heavy atom. The van der Waals surface area contributed by atoms with Crippen LogP contribution < -0.4 is 5.32 Å². The van der Waals surface area contributed by atoms with Gasteiger partial charge in [-0.3, -0.25) is 4.68 Å². The average molecular weight is 286 g/mol. The van der Waals surface area contributed by atoms with Crippen LogP contribution in [0.4, 0.5) is 0 Å². The summed E-state index contributed by atoms with van der Waals surface area (Å²) in [6.07, 6.45) is 10.7. The van der Waals surface area contributed by atoms with Gasteiger partial charge in [0.15, 0.2) is 0 Å². The molecule has 1 aromatic heterocycles. The summed E-state index contributed by atoms with van der Waals surface area (Å²) in [7, 11) is 0. The maximum atomic E-state index is 4.28. The first-order valence-electron chi connectivity index (χ1n) is 6.18. The molecule has 16 heavy (non-hydrogen) atoms. The lowest BCUT2D eigenvalue weighted by Crippen LogP contribution is -2.40. The summed E-state index contributed by atoms with van der Waals surface area (Å²) in [5.74, 6) is 0. The van der Waals surface area contributed by atoms with Crippen molar-refractivity contribution in [3.8, 4) is 0 Å². The SMILES string of the molecule is CC(Cn1cc(Br)cn1)NC1CCCCC1. The van der Waals surface area contributed by atoms with E-state index in [-0.39, 0.29) is 0 Å². The first-order valence-corrected chi connectivity index (χ1v) is 6.97. The molecule has 0 spiro atoms. The van der Waals surface area contributed by atoms with Crippen molar-refractivity contribution in [2.45, 2.75) is 57.7 Å². The van der Waals surface area contributed by atoms with Crippen LogP contribution in [0.15, 0.2) is 16.9 Å². The molecule has 2 rings (SSSR count). The minimum Gasteiger partial charge on any atom is -0.310 e. The molecule has 1 aromatic rings. The van der Waals surface area contributed by atoms with Crippen LogP contribution in [0.25, 0.3) is 0 Å². The summed E-state index contributed by atoms with van der Waals surface area (Å²) in [6, 6.07) is 1.22. The normalized spacial score (nSPS) is 19.9. The maximum Gasteiger partial charge on any atom is 0.0632 e. The van der Waals surface area contributed by atoms with Gasteiger partial charge in [0.05, 0.1) is 17.2 Å². The van der Waals surface area contributed by atoms with Gasteiger partial charge in [0.1, 0.15) is 0 Å². The smallest absolute Gasteiger partial charge is 0.0632 e. The number of halogens is 1. The topological polar surface area (TPSA) is 29.9 Å². The molecule has 1 heterocycles. The van der Waals surface area contributed by atoms with Gasteiger partial charge in [-0.15, -0.1) is 0 Å². The molecule has 1 fully saturated rings. The number of hydrogen-bond donors (Lipinski definition) is 1. The van der Waals surface area contributed by atoms with Crippen molar-refractivity contribution >= 4 is 15.9 Å². The van der Waals surface area contributed by atoms with Crippen LogP contribution in [0.2, 0.25) is 0 Å². The van der Waals surface area contributed by atoms with Gasteiger partial charge in [-0.2, -0.15) is 5.10 Å². The average Bonchev–Trinajstić information content (AvgIpc) is 2.65. The van der Waals surface area contributed by atoms with Crippen LogP contribution in [0.5, 0.6) is 0 Å².